The van der Waals surface area contributed by atoms with Crippen LogP contribution in [0.25, 0.3) is 0 Å². The molecule has 0 unspecified atom stereocenters. The lowest BCUT2D eigenvalue weighted by atomic mass is 10.1. The Labute approximate surface area is 107 Å². The Morgan fingerprint density at radius 3 is 2.89 bits per heavy atom. The van der Waals surface area contributed by atoms with Crippen molar-refractivity contribution >= 4 is 22.9 Å². The van der Waals surface area contributed by atoms with E-state index in [-0.39, 0.29) is 29.7 Å². The summed E-state index contributed by atoms with van der Waals surface area (Å²) in [7, 11) is 0. The summed E-state index contributed by atoms with van der Waals surface area (Å²) >= 11 is 1.06. The number of hydrogen-bond acceptors (Lipinski definition) is 4. The van der Waals surface area contributed by atoms with E-state index in [4.69, 9.17) is 5.26 Å². The molecule has 4 nitrogen and oxygen atoms in total. The number of benzene rings is 1. The molecule has 1 saturated heterocycles. The van der Waals surface area contributed by atoms with Gasteiger partial charge < -0.3 is 0 Å². The molecule has 0 spiro atoms. The van der Waals surface area contributed by atoms with Gasteiger partial charge in [0.25, 0.3) is 5.24 Å². The topological polar surface area (TPSA) is 61.2 Å². The normalized spacial score (nSPS) is 15.7. The van der Waals surface area contributed by atoms with Gasteiger partial charge in [-0.1, -0.05) is 11.8 Å². The summed E-state index contributed by atoms with van der Waals surface area (Å²) < 4.78 is 13.1. The van der Waals surface area contributed by atoms with Crippen LogP contribution in [0.1, 0.15) is 17.5 Å². The zero-order chi connectivity index (χ0) is 13.1. The molecule has 92 valence electrons. The molecular weight excluding hydrogens is 255 g/mol. The lowest BCUT2D eigenvalue weighted by molar-refractivity contribution is -0.128. The summed E-state index contributed by atoms with van der Waals surface area (Å²) in [5.74, 6) is -0.303. The third kappa shape index (κ3) is 2.51. The van der Waals surface area contributed by atoms with Crippen LogP contribution in [0.4, 0.5) is 9.18 Å². The van der Waals surface area contributed by atoms with Gasteiger partial charge in [-0.15, -0.1) is 0 Å². The number of halogens is 1. The van der Waals surface area contributed by atoms with E-state index in [1.165, 1.54) is 18.2 Å². The highest BCUT2D eigenvalue weighted by molar-refractivity contribution is 8.13. The molecule has 1 aromatic rings. The van der Waals surface area contributed by atoms with Gasteiger partial charge in [0, 0.05) is 12.2 Å². The summed E-state index contributed by atoms with van der Waals surface area (Å²) in [5, 5.41) is 8.56. The third-order valence-electron chi connectivity index (χ3n) is 2.58. The number of nitriles is 1. The number of carbonyl (C=O) groups is 2. The fourth-order valence-corrected chi connectivity index (χ4v) is 2.44. The molecule has 0 saturated carbocycles. The summed E-state index contributed by atoms with van der Waals surface area (Å²) in [4.78, 5) is 24.3. The summed E-state index contributed by atoms with van der Waals surface area (Å²) in [6, 6.07) is 5.62. The first kappa shape index (κ1) is 12.6. The molecule has 18 heavy (non-hydrogen) atoms. The Kier molecular flexibility index (Phi) is 3.63. The number of thioether (sulfide) groups is 1. The minimum atomic E-state index is -0.492. The maximum Gasteiger partial charge on any atom is 0.288 e. The van der Waals surface area contributed by atoms with Crippen LogP contribution in [-0.4, -0.2) is 21.8 Å². The first-order valence-corrected chi connectivity index (χ1v) is 6.26. The fraction of sp³-hybridized carbons (Fsp3) is 0.250. The van der Waals surface area contributed by atoms with Crippen molar-refractivity contribution in [2.75, 3.05) is 5.75 Å². The number of nitrogens with zero attached hydrogens (tertiary/aromatic N) is 2. The molecule has 0 aromatic heterocycles. The minimum absolute atomic E-state index is 0.0503. The van der Waals surface area contributed by atoms with Crippen molar-refractivity contribution in [2.24, 2.45) is 0 Å². The van der Waals surface area contributed by atoms with E-state index in [1.54, 1.807) is 0 Å². The first-order valence-electron chi connectivity index (χ1n) is 5.27. The van der Waals surface area contributed by atoms with E-state index in [0.29, 0.717) is 11.3 Å². The fourth-order valence-electron chi connectivity index (χ4n) is 1.67. The maximum atomic E-state index is 13.1. The highest BCUT2D eigenvalue weighted by Gasteiger charge is 2.27. The molecule has 1 aliphatic heterocycles. The number of rotatable bonds is 2. The first-order chi connectivity index (χ1) is 8.61. The number of imide groups is 1. The molecule has 2 amide bonds. The SMILES string of the molecule is N#Cc1ccc(F)cc1CN1C(=O)CCSC1=O. The van der Waals surface area contributed by atoms with E-state index >= 15 is 0 Å². The molecule has 0 N–H and O–H groups in total. The van der Waals surface area contributed by atoms with Crippen LogP contribution in [0.3, 0.4) is 0 Å². The van der Waals surface area contributed by atoms with Crippen molar-refractivity contribution in [1.82, 2.24) is 4.90 Å². The van der Waals surface area contributed by atoms with Crippen LogP contribution in [0.2, 0.25) is 0 Å². The highest BCUT2D eigenvalue weighted by atomic mass is 32.2. The molecule has 1 fully saturated rings. The Morgan fingerprint density at radius 1 is 1.44 bits per heavy atom. The van der Waals surface area contributed by atoms with Crippen molar-refractivity contribution in [1.29, 1.82) is 5.26 Å². The smallest absolute Gasteiger partial charge is 0.274 e. The van der Waals surface area contributed by atoms with E-state index in [9.17, 15) is 14.0 Å². The maximum absolute atomic E-state index is 13.1. The minimum Gasteiger partial charge on any atom is -0.274 e. The summed E-state index contributed by atoms with van der Waals surface area (Å²) in [5.41, 5.74) is 0.620. The van der Waals surface area contributed by atoms with Crippen LogP contribution >= 0.6 is 11.8 Å². The Morgan fingerprint density at radius 2 is 2.22 bits per heavy atom. The second-order valence-corrected chi connectivity index (χ2v) is 4.80. The van der Waals surface area contributed by atoms with Crippen LogP contribution in [0.5, 0.6) is 0 Å². The van der Waals surface area contributed by atoms with Gasteiger partial charge >= 0.3 is 0 Å². The number of hydrogen-bond donors (Lipinski definition) is 0. The standard InChI is InChI=1S/C12H9FN2O2S/c13-10-2-1-8(6-14)9(5-10)7-15-11(16)3-4-18-12(15)17/h1-2,5H,3-4,7H2. The summed E-state index contributed by atoms with van der Waals surface area (Å²) in [6.07, 6.45) is 0.285. The van der Waals surface area contributed by atoms with Gasteiger partial charge in [-0.05, 0) is 23.8 Å². The predicted octanol–water partition coefficient (Wildman–Crippen LogP) is 2.28. The quantitative estimate of drug-likeness (QED) is 0.822. The van der Waals surface area contributed by atoms with Crippen molar-refractivity contribution in [3.8, 4) is 6.07 Å². The molecule has 0 bridgehead atoms. The molecule has 0 atom stereocenters. The molecule has 1 heterocycles. The predicted molar refractivity (Wildman–Crippen MR) is 64.1 cm³/mol. The summed E-state index contributed by atoms with van der Waals surface area (Å²) in [6.45, 7) is -0.0503. The van der Waals surface area contributed by atoms with E-state index in [1.807, 2.05) is 6.07 Å². The van der Waals surface area contributed by atoms with Crippen LogP contribution in [0, 0.1) is 17.1 Å². The molecule has 1 aromatic carbocycles. The lowest BCUT2D eigenvalue weighted by Gasteiger charge is -2.24. The lowest BCUT2D eigenvalue weighted by Crippen LogP contribution is -2.37. The van der Waals surface area contributed by atoms with Gasteiger partial charge in [-0.2, -0.15) is 5.26 Å². The van der Waals surface area contributed by atoms with Gasteiger partial charge in [0.15, 0.2) is 0 Å². The van der Waals surface area contributed by atoms with Gasteiger partial charge in [-0.3, -0.25) is 14.5 Å². The van der Waals surface area contributed by atoms with Gasteiger partial charge in [-0.25, -0.2) is 4.39 Å². The molecule has 0 radical (unpaired) electrons. The van der Waals surface area contributed by atoms with Gasteiger partial charge in [0.2, 0.25) is 5.91 Å². The van der Waals surface area contributed by atoms with Crippen molar-refractivity contribution in [2.45, 2.75) is 13.0 Å². The van der Waals surface area contributed by atoms with Gasteiger partial charge in [0.05, 0.1) is 18.2 Å². The molecule has 1 aliphatic rings. The Hall–Kier alpha value is -1.87. The molecule has 2 rings (SSSR count). The average Bonchev–Trinajstić information content (AvgIpc) is 2.34. The largest absolute Gasteiger partial charge is 0.288 e. The molecular formula is C12H9FN2O2S. The van der Waals surface area contributed by atoms with Crippen molar-refractivity contribution < 1.29 is 14.0 Å². The van der Waals surface area contributed by atoms with E-state index < -0.39 is 5.82 Å². The zero-order valence-corrected chi connectivity index (χ0v) is 10.2. The highest BCUT2D eigenvalue weighted by Crippen LogP contribution is 2.22. The second kappa shape index (κ2) is 5.19. The third-order valence-corrected chi connectivity index (χ3v) is 3.45. The average molecular weight is 264 g/mol. The Bertz CT molecular complexity index is 537. The zero-order valence-electron chi connectivity index (χ0n) is 9.35. The molecule has 6 heteroatoms. The Balaban J connectivity index is 2.28. The van der Waals surface area contributed by atoms with Crippen LogP contribution in [-0.2, 0) is 11.3 Å². The number of amides is 2. The van der Waals surface area contributed by atoms with Gasteiger partial charge in [0.1, 0.15) is 5.82 Å². The van der Waals surface area contributed by atoms with Crippen LogP contribution < -0.4 is 0 Å². The monoisotopic (exact) mass is 264 g/mol. The second-order valence-electron chi connectivity index (χ2n) is 3.76. The van der Waals surface area contributed by atoms with E-state index in [0.717, 1.165) is 16.7 Å². The van der Waals surface area contributed by atoms with Crippen molar-refractivity contribution in [3.05, 3.63) is 35.1 Å². The van der Waals surface area contributed by atoms with E-state index in [2.05, 4.69) is 0 Å². The van der Waals surface area contributed by atoms with Crippen LogP contribution in [0.15, 0.2) is 18.2 Å². The molecule has 0 aliphatic carbocycles. The van der Waals surface area contributed by atoms with Crippen molar-refractivity contribution in [3.63, 3.8) is 0 Å². The number of carbonyl (C=O) groups excluding carboxylic acids is 2.